The second-order valence-corrected chi connectivity index (χ2v) is 10.3. The number of nitrogens with zero attached hydrogens (tertiary/aromatic N) is 1. The average Bonchev–Trinajstić information content (AvgIpc) is 3.13. The Morgan fingerprint density at radius 2 is 1.76 bits per heavy atom. The molecule has 1 heterocycles. The largest absolute Gasteiger partial charge is 0.493 e. The van der Waals surface area contributed by atoms with Gasteiger partial charge in [-0.15, -0.1) is 0 Å². The first-order valence-electron chi connectivity index (χ1n) is 11.5. The fourth-order valence-electron chi connectivity index (χ4n) is 3.86. The topological polar surface area (TPSA) is 84.9 Å². The Kier molecular flexibility index (Phi) is 8.66. The van der Waals surface area contributed by atoms with Crippen molar-refractivity contribution in [1.29, 1.82) is 0 Å². The number of benzene rings is 3. The molecule has 196 valence electrons. The van der Waals surface area contributed by atoms with E-state index in [9.17, 15) is 14.4 Å². The molecule has 0 radical (unpaired) electrons. The third-order valence-electron chi connectivity index (χ3n) is 5.82. The maximum Gasteiger partial charge on any atom is 0.294 e. The number of rotatable bonds is 8. The highest BCUT2D eigenvalue weighted by Gasteiger charge is 2.36. The molecule has 10 heteroatoms. The van der Waals surface area contributed by atoms with Crippen LogP contribution in [0.5, 0.6) is 11.5 Å². The molecule has 0 bridgehead atoms. The maximum absolute atomic E-state index is 13.1. The van der Waals surface area contributed by atoms with E-state index in [1.807, 2.05) is 32.0 Å². The molecule has 0 spiro atoms. The molecule has 0 saturated carbocycles. The Morgan fingerprint density at radius 1 is 1.05 bits per heavy atom. The summed E-state index contributed by atoms with van der Waals surface area (Å²) in [6.07, 6.45) is 1.55. The number of halogens is 2. The number of nitrogens with one attached hydrogen (secondary N) is 1. The van der Waals surface area contributed by atoms with E-state index in [-0.39, 0.29) is 11.5 Å². The number of ether oxygens (including phenoxy) is 2. The summed E-state index contributed by atoms with van der Waals surface area (Å²) in [6.45, 7) is 3.48. The van der Waals surface area contributed by atoms with Crippen molar-refractivity contribution in [1.82, 2.24) is 4.90 Å². The van der Waals surface area contributed by atoms with Crippen molar-refractivity contribution < 1.29 is 23.9 Å². The van der Waals surface area contributed by atoms with Crippen molar-refractivity contribution in [2.75, 3.05) is 19.0 Å². The number of methoxy groups -OCH3 is 1. The van der Waals surface area contributed by atoms with Gasteiger partial charge in [-0.25, -0.2) is 0 Å². The predicted octanol–water partition coefficient (Wildman–Crippen LogP) is 6.87. The van der Waals surface area contributed by atoms with Gasteiger partial charge in [-0.2, -0.15) is 0 Å². The van der Waals surface area contributed by atoms with Crippen LogP contribution in [0.25, 0.3) is 6.08 Å². The fourth-order valence-corrected chi connectivity index (χ4v) is 5.15. The van der Waals surface area contributed by atoms with E-state index in [4.69, 9.17) is 32.7 Å². The van der Waals surface area contributed by atoms with Gasteiger partial charge in [0.25, 0.3) is 11.1 Å². The van der Waals surface area contributed by atoms with E-state index in [2.05, 4.69) is 5.32 Å². The van der Waals surface area contributed by atoms with Gasteiger partial charge in [0.15, 0.2) is 11.5 Å². The molecule has 1 saturated heterocycles. The molecular weight excluding hydrogens is 547 g/mol. The molecule has 1 N–H and O–H groups in total. The molecule has 3 aromatic carbocycles. The minimum atomic E-state index is -0.564. The van der Waals surface area contributed by atoms with Crippen LogP contribution in [0.15, 0.2) is 59.5 Å². The Hall–Kier alpha value is -3.46. The number of carbonyl (C=O) groups excluding carboxylic acids is 3. The van der Waals surface area contributed by atoms with Gasteiger partial charge in [-0.3, -0.25) is 19.3 Å². The molecule has 1 aliphatic rings. The van der Waals surface area contributed by atoms with Crippen molar-refractivity contribution >= 4 is 63.8 Å². The molecule has 1 fully saturated rings. The van der Waals surface area contributed by atoms with Crippen LogP contribution in [-0.4, -0.2) is 35.6 Å². The number of imide groups is 1. The molecular formula is C28H24Cl2N2O5S. The zero-order chi connectivity index (χ0) is 27.4. The summed E-state index contributed by atoms with van der Waals surface area (Å²) >= 11 is 13.0. The molecule has 0 unspecified atom stereocenters. The van der Waals surface area contributed by atoms with E-state index in [0.29, 0.717) is 38.4 Å². The lowest BCUT2D eigenvalue weighted by Gasteiger charge is -2.15. The Labute approximate surface area is 234 Å². The highest BCUT2D eigenvalue weighted by Crippen LogP contribution is 2.38. The average molecular weight is 571 g/mol. The molecule has 7 nitrogen and oxygen atoms in total. The third kappa shape index (κ3) is 6.15. The standard InChI is InChI=1S/C28H24Cl2N2O5S/c1-16-6-4-7-17(2)25(16)31-24(33)14-32-27(34)23(38-28(32)35)12-18-8-5-9-22(36-3)26(18)37-15-19-10-11-20(29)13-21(19)30/h4-13H,14-15H2,1-3H3,(H,31,33)/b23-12+. The Balaban J connectivity index is 1.53. The highest BCUT2D eigenvalue weighted by molar-refractivity contribution is 8.18. The Bertz CT molecular complexity index is 1440. The first kappa shape index (κ1) is 27.6. The number of hydrogen-bond acceptors (Lipinski definition) is 6. The summed E-state index contributed by atoms with van der Waals surface area (Å²) < 4.78 is 11.5. The number of para-hydroxylation sites is 2. The fraction of sp³-hybridized carbons (Fsp3) is 0.179. The predicted molar refractivity (Wildman–Crippen MR) is 151 cm³/mol. The van der Waals surface area contributed by atoms with Crippen molar-refractivity contribution in [2.45, 2.75) is 20.5 Å². The van der Waals surface area contributed by atoms with Crippen LogP contribution in [0.2, 0.25) is 10.0 Å². The summed E-state index contributed by atoms with van der Waals surface area (Å²) in [6, 6.07) is 15.9. The van der Waals surface area contributed by atoms with Gasteiger partial charge in [-0.1, -0.05) is 59.6 Å². The molecule has 3 amide bonds. The normalized spacial score (nSPS) is 14.2. The monoisotopic (exact) mass is 570 g/mol. The van der Waals surface area contributed by atoms with Gasteiger partial charge < -0.3 is 14.8 Å². The van der Waals surface area contributed by atoms with Crippen molar-refractivity contribution in [3.05, 3.63) is 91.8 Å². The zero-order valence-electron chi connectivity index (χ0n) is 20.8. The minimum absolute atomic E-state index is 0.122. The first-order chi connectivity index (χ1) is 18.2. The van der Waals surface area contributed by atoms with Gasteiger partial charge in [0.2, 0.25) is 5.91 Å². The lowest BCUT2D eigenvalue weighted by atomic mass is 10.1. The number of carbonyl (C=O) groups is 3. The lowest BCUT2D eigenvalue weighted by molar-refractivity contribution is -0.127. The summed E-state index contributed by atoms with van der Waals surface area (Å²) in [7, 11) is 1.50. The van der Waals surface area contributed by atoms with Crippen LogP contribution in [-0.2, 0) is 16.2 Å². The van der Waals surface area contributed by atoms with Crippen LogP contribution in [0.4, 0.5) is 10.5 Å². The molecule has 4 rings (SSSR count). The van der Waals surface area contributed by atoms with Crippen molar-refractivity contribution in [3.63, 3.8) is 0 Å². The zero-order valence-corrected chi connectivity index (χ0v) is 23.2. The van der Waals surface area contributed by atoms with Crippen LogP contribution in [0.3, 0.4) is 0 Å². The summed E-state index contributed by atoms with van der Waals surface area (Å²) in [5, 5.41) is 3.24. The molecule has 38 heavy (non-hydrogen) atoms. The van der Waals surface area contributed by atoms with E-state index in [0.717, 1.165) is 27.8 Å². The molecule has 3 aromatic rings. The maximum atomic E-state index is 13.1. The van der Waals surface area contributed by atoms with Crippen LogP contribution in [0, 0.1) is 13.8 Å². The van der Waals surface area contributed by atoms with E-state index in [1.165, 1.54) is 7.11 Å². The molecule has 0 aliphatic carbocycles. The van der Waals surface area contributed by atoms with Crippen LogP contribution >= 0.6 is 35.0 Å². The summed E-state index contributed by atoms with van der Waals surface area (Å²) in [5.41, 5.74) is 3.68. The molecule has 0 aromatic heterocycles. The molecule has 1 aliphatic heterocycles. The van der Waals surface area contributed by atoms with Gasteiger partial charge in [0.1, 0.15) is 13.2 Å². The second-order valence-electron chi connectivity index (χ2n) is 8.49. The van der Waals surface area contributed by atoms with Gasteiger partial charge >= 0.3 is 0 Å². The molecule has 0 atom stereocenters. The van der Waals surface area contributed by atoms with Gasteiger partial charge in [-0.05, 0) is 61.0 Å². The number of anilines is 1. The number of aryl methyl sites for hydroxylation is 2. The second kappa shape index (κ2) is 11.9. The van der Waals surface area contributed by atoms with Gasteiger partial charge in [0.05, 0.1) is 12.0 Å². The van der Waals surface area contributed by atoms with E-state index >= 15 is 0 Å². The number of hydrogen-bond donors (Lipinski definition) is 1. The minimum Gasteiger partial charge on any atom is -0.493 e. The van der Waals surface area contributed by atoms with Crippen LogP contribution < -0.4 is 14.8 Å². The number of amides is 3. The van der Waals surface area contributed by atoms with Crippen LogP contribution in [0.1, 0.15) is 22.3 Å². The smallest absolute Gasteiger partial charge is 0.294 e. The van der Waals surface area contributed by atoms with E-state index < -0.39 is 23.6 Å². The summed E-state index contributed by atoms with van der Waals surface area (Å²) in [5.74, 6) is -0.209. The van der Waals surface area contributed by atoms with E-state index in [1.54, 1.807) is 42.5 Å². The highest BCUT2D eigenvalue weighted by atomic mass is 35.5. The first-order valence-corrected chi connectivity index (χ1v) is 13.1. The Morgan fingerprint density at radius 3 is 2.45 bits per heavy atom. The number of thioether (sulfide) groups is 1. The summed E-state index contributed by atoms with van der Waals surface area (Å²) in [4.78, 5) is 39.5. The van der Waals surface area contributed by atoms with Crippen molar-refractivity contribution in [3.8, 4) is 11.5 Å². The SMILES string of the molecule is COc1cccc(/C=C2/SC(=O)N(CC(=O)Nc3c(C)cccc3C)C2=O)c1OCc1ccc(Cl)cc1Cl. The third-order valence-corrected chi connectivity index (χ3v) is 7.32. The van der Waals surface area contributed by atoms with Gasteiger partial charge in [0, 0.05) is 26.9 Å². The lowest BCUT2D eigenvalue weighted by Crippen LogP contribution is -2.36. The van der Waals surface area contributed by atoms with Crippen molar-refractivity contribution in [2.24, 2.45) is 0 Å². The quantitative estimate of drug-likeness (QED) is 0.297.